The fourth-order valence-electron chi connectivity index (χ4n) is 2.53. The Balaban J connectivity index is 1.78. The molecule has 4 heteroatoms. The number of esters is 1. The standard InChI is InChI=1S/C20H19NO2S/c1-3-23-20(22)17-9-5-7-15(11-17)12-19-21-18(13-24-19)16-8-4-6-14(2)10-16/h4-11,13H,3,12H2,1-2H3. The second-order valence-corrected chi connectivity index (χ2v) is 6.54. The molecule has 0 radical (unpaired) electrons. The zero-order valence-electron chi connectivity index (χ0n) is 13.8. The van der Waals surface area contributed by atoms with Crippen molar-refractivity contribution in [2.24, 2.45) is 0 Å². The van der Waals surface area contributed by atoms with Gasteiger partial charge in [-0.25, -0.2) is 9.78 Å². The summed E-state index contributed by atoms with van der Waals surface area (Å²) >= 11 is 1.64. The summed E-state index contributed by atoms with van der Waals surface area (Å²) in [5.74, 6) is -0.279. The fraction of sp³-hybridized carbons (Fsp3) is 0.200. The molecule has 1 heterocycles. The SMILES string of the molecule is CCOC(=O)c1cccc(Cc2nc(-c3cccc(C)c3)cs2)c1. The Labute approximate surface area is 146 Å². The first kappa shape index (κ1) is 16.4. The summed E-state index contributed by atoms with van der Waals surface area (Å²) in [5, 5.41) is 3.12. The van der Waals surface area contributed by atoms with Gasteiger partial charge in [0.05, 0.1) is 22.9 Å². The highest BCUT2D eigenvalue weighted by Crippen LogP contribution is 2.24. The van der Waals surface area contributed by atoms with Crippen LogP contribution in [0.1, 0.15) is 33.4 Å². The molecule has 0 fully saturated rings. The molecular weight excluding hydrogens is 318 g/mol. The first-order valence-corrected chi connectivity index (χ1v) is 8.81. The molecular formula is C20H19NO2S. The summed E-state index contributed by atoms with van der Waals surface area (Å²) in [7, 11) is 0. The number of carbonyl (C=O) groups is 1. The van der Waals surface area contributed by atoms with Gasteiger partial charge in [0.1, 0.15) is 0 Å². The molecule has 0 saturated heterocycles. The van der Waals surface area contributed by atoms with E-state index in [1.807, 2.05) is 31.2 Å². The molecule has 0 atom stereocenters. The Morgan fingerprint density at radius 3 is 2.79 bits per heavy atom. The fourth-order valence-corrected chi connectivity index (χ4v) is 3.36. The lowest BCUT2D eigenvalue weighted by Gasteiger charge is -2.04. The van der Waals surface area contributed by atoms with Gasteiger partial charge in [-0.05, 0) is 37.6 Å². The quantitative estimate of drug-likeness (QED) is 0.623. The number of aromatic nitrogens is 1. The second-order valence-electron chi connectivity index (χ2n) is 5.59. The van der Waals surface area contributed by atoms with Crippen molar-refractivity contribution in [3.8, 4) is 11.3 Å². The van der Waals surface area contributed by atoms with E-state index in [9.17, 15) is 4.79 Å². The monoisotopic (exact) mass is 337 g/mol. The Hall–Kier alpha value is -2.46. The van der Waals surface area contributed by atoms with Crippen molar-refractivity contribution in [2.75, 3.05) is 6.61 Å². The molecule has 0 aliphatic rings. The van der Waals surface area contributed by atoms with Gasteiger partial charge in [-0.2, -0.15) is 0 Å². The molecule has 122 valence electrons. The summed E-state index contributed by atoms with van der Waals surface area (Å²) in [6.07, 6.45) is 0.712. The number of aryl methyl sites for hydroxylation is 1. The highest BCUT2D eigenvalue weighted by atomic mass is 32.1. The van der Waals surface area contributed by atoms with Crippen LogP contribution in [0.25, 0.3) is 11.3 Å². The molecule has 0 spiro atoms. The van der Waals surface area contributed by atoms with E-state index in [2.05, 4.69) is 30.5 Å². The number of hydrogen-bond acceptors (Lipinski definition) is 4. The normalized spacial score (nSPS) is 10.6. The number of nitrogens with zero attached hydrogens (tertiary/aromatic N) is 1. The molecule has 24 heavy (non-hydrogen) atoms. The van der Waals surface area contributed by atoms with Crippen LogP contribution in [0.15, 0.2) is 53.9 Å². The summed E-state index contributed by atoms with van der Waals surface area (Å²) in [4.78, 5) is 16.6. The van der Waals surface area contributed by atoms with Crippen molar-refractivity contribution in [1.82, 2.24) is 4.98 Å². The van der Waals surface area contributed by atoms with E-state index in [1.165, 1.54) is 5.56 Å². The first-order valence-electron chi connectivity index (χ1n) is 7.93. The average molecular weight is 337 g/mol. The van der Waals surface area contributed by atoms with Crippen molar-refractivity contribution < 1.29 is 9.53 Å². The predicted octanol–water partition coefficient (Wildman–Crippen LogP) is 4.89. The third kappa shape index (κ3) is 3.89. The van der Waals surface area contributed by atoms with Crippen LogP contribution in [-0.4, -0.2) is 17.6 Å². The van der Waals surface area contributed by atoms with E-state index >= 15 is 0 Å². The molecule has 0 aliphatic carbocycles. The molecule has 3 nitrogen and oxygen atoms in total. The lowest BCUT2D eigenvalue weighted by Crippen LogP contribution is -2.05. The van der Waals surface area contributed by atoms with Crippen LogP contribution >= 0.6 is 11.3 Å². The maximum Gasteiger partial charge on any atom is 0.338 e. The lowest BCUT2D eigenvalue weighted by molar-refractivity contribution is 0.0526. The van der Waals surface area contributed by atoms with Crippen molar-refractivity contribution in [1.29, 1.82) is 0 Å². The Kier molecular flexibility index (Phi) is 5.06. The van der Waals surface area contributed by atoms with Crippen molar-refractivity contribution >= 4 is 17.3 Å². The largest absolute Gasteiger partial charge is 0.462 e. The molecule has 3 aromatic rings. The number of thiazole rings is 1. The summed E-state index contributed by atoms with van der Waals surface area (Å²) < 4.78 is 5.05. The van der Waals surface area contributed by atoms with E-state index < -0.39 is 0 Å². The minimum absolute atomic E-state index is 0.279. The third-order valence-electron chi connectivity index (χ3n) is 3.66. The maximum absolute atomic E-state index is 11.8. The lowest BCUT2D eigenvalue weighted by atomic mass is 10.1. The van der Waals surface area contributed by atoms with Crippen LogP contribution < -0.4 is 0 Å². The molecule has 0 saturated carbocycles. The molecule has 3 rings (SSSR count). The van der Waals surface area contributed by atoms with Gasteiger partial charge >= 0.3 is 5.97 Å². The molecule has 0 amide bonds. The van der Waals surface area contributed by atoms with Gasteiger partial charge in [-0.3, -0.25) is 0 Å². The van der Waals surface area contributed by atoms with Crippen LogP contribution in [0.2, 0.25) is 0 Å². The smallest absolute Gasteiger partial charge is 0.338 e. The minimum atomic E-state index is -0.279. The highest BCUT2D eigenvalue weighted by molar-refractivity contribution is 7.10. The molecule has 2 aromatic carbocycles. The number of hydrogen-bond donors (Lipinski definition) is 0. The first-order chi connectivity index (χ1) is 11.7. The maximum atomic E-state index is 11.8. The number of benzene rings is 2. The van der Waals surface area contributed by atoms with E-state index in [1.54, 1.807) is 17.4 Å². The summed E-state index contributed by atoms with van der Waals surface area (Å²) in [6.45, 7) is 4.27. The van der Waals surface area contributed by atoms with Crippen molar-refractivity contribution in [3.63, 3.8) is 0 Å². The van der Waals surface area contributed by atoms with E-state index in [-0.39, 0.29) is 5.97 Å². The van der Waals surface area contributed by atoms with E-state index in [0.29, 0.717) is 18.6 Å². The minimum Gasteiger partial charge on any atom is -0.462 e. The van der Waals surface area contributed by atoms with Gasteiger partial charge in [0.15, 0.2) is 0 Å². The van der Waals surface area contributed by atoms with Crippen LogP contribution in [0, 0.1) is 6.92 Å². The third-order valence-corrected chi connectivity index (χ3v) is 4.51. The van der Waals surface area contributed by atoms with Gasteiger partial charge in [0.2, 0.25) is 0 Å². The van der Waals surface area contributed by atoms with Crippen molar-refractivity contribution in [3.05, 3.63) is 75.6 Å². The summed E-state index contributed by atoms with van der Waals surface area (Å²) in [5.41, 5.74) is 5.01. The van der Waals surface area contributed by atoms with E-state index in [4.69, 9.17) is 9.72 Å². The van der Waals surface area contributed by atoms with Gasteiger partial charge in [0, 0.05) is 17.4 Å². The zero-order valence-corrected chi connectivity index (χ0v) is 14.6. The van der Waals surface area contributed by atoms with Crippen molar-refractivity contribution in [2.45, 2.75) is 20.3 Å². The van der Waals surface area contributed by atoms with Gasteiger partial charge in [-0.1, -0.05) is 35.9 Å². The molecule has 0 N–H and O–H groups in total. The highest BCUT2D eigenvalue weighted by Gasteiger charge is 2.09. The number of ether oxygens (including phenoxy) is 1. The molecule has 0 bridgehead atoms. The van der Waals surface area contributed by atoms with Crippen LogP contribution in [0.3, 0.4) is 0 Å². The Morgan fingerprint density at radius 1 is 1.17 bits per heavy atom. The average Bonchev–Trinajstić information content (AvgIpc) is 3.04. The van der Waals surface area contributed by atoms with Crippen LogP contribution in [0.4, 0.5) is 0 Å². The topological polar surface area (TPSA) is 39.2 Å². The van der Waals surface area contributed by atoms with Gasteiger partial charge in [-0.15, -0.1) is 11.3 Å². The molecule has 0 aliphatic heterocycles. The number of rotatable bonds is 5. The van der Waals surface area contributed by atoms with Crippen LogP contribution in [-0.2, 0) is 11.2 Å². The zero-order chi connectivity index (χ0) is 16.9. The Bertz CT molecular complexity index is 854. The van der Waals surface area contributed by atoms with Gasteiger partial charge in [0.25, 0.3) is 0 Å². The van der Waals surface area contributed by atoms with E-state index in [0.717, 1.165) is 21.8 Å². The predicted molar refractivity (Wildman–Crippen MR) is 97.5 cm³/mol. The molecule has 0 unspecified atom stereocenters. The second kappa shape index (κ2) is 7.41. The molecule has 1 aromatic heterocycles. The number of carbonyl (C=O) groups excluding carboxylic acids is 1. The van der Waals surface area contributed by atoms with Gasteiger partial charge < -0.3 is 4.74 Å². The summed E-state index contributed by atoms with van der Waals surface area (Å²) in [6, 6.07) is 15.9. The van der Waals surface area contributed by atoms with Crippen LogP contribution in [0.5, 0.6) is 0 Å². The Morgan fingerprint density at radius 2 is 2.00 bits per heavy atom.